The predicted molar refractivity (Wildman–Crippen MR) is 100 cm³/mol. The van der Waals surface area contributed by atoms with Crippen molar-refractivity contribution in [1.82, 2.24) is 10.6 Å². The smallest absolute Gasteiger partial charge is 0.239 e. The third-order valence-electron chi connectivity index (χ3n) is 4.12. The van der Waals surface area contributed by atoms with Crippen molar-refractivity contribution in [1.29, 1.82) is 0 Å². The van der Waals surface area contributed by atoms with Crippen LogP contribution in [0, 0.1) is 5.82 Å². The van der Waals surface area contributed by atoms with Gasteiger partial charge in [0.1, 0.15) is 5.82 Å². The van der Waals surface area contributed by atoms with E-state index in [0.717, 1.165) is 5.69 Å². The minimum atomic E-state index is -0.385. The van der Waals surface area contributed by atoms with Crippen molar-refractivity contribution >= 4 is 17.5 Å². The topological polar surface area (TPSA) is 61.4 Å². The van der Waals surface area contributed by atoms with Crippen LogP contribution < -0.4 is 15.5 Å². The molecule has 2 aromatic rings. The first kappa shape index (κ1) is 19.4. The molecule has 1 atom stereocenters. The standard InChI is InChI=1S/C20H24FN3O2/c1-15(24(2)18-9-4-3-5-10-18)13-22-20(26)14-23-19(25)12-16-7-6-8-17(21)11-16/h3-11,15H,12-14H2,1-2H3,(H,22,26)(H,23,25). The maximum absolute atomic E-state index is 13.1. The number of nitrogens with zero attached hydrogens (tertiary/aromatic N) is 1. The number of benzene rings is 2. The lowest BCUT2D eigenvalue weighted by molar-refractivity contribution is -0.125. The molecule has 138 valence electrons. The first-order valence-corrected chi connectivity index (χ1v) is 8.51. The first-order valence-electron chi connectivity index (χ1n) is 8.51. The molecular formula is C20H24FN3O2. The van der Waals surface area contributed by atoms with E-state index in [1.54, 1.807) is 12.1 Å². The number of nitrogens with one attached hydrogen (secondary N) is 2. The first-order chi connectivity index (χ1) is 12.5. The zero-order chi connectivity index (χ0) is 18.9. The Morgan fingerprint density at radius 1 is 1.04 bits per heavy atom. The highest BCUT2D eigenvalue weighted by Crippen LogP contribution is 2.13. The van der Waals surface area contributed by atoms with Crippen molar-refractivity contribution < 1.29 is 14.0 Å². The van der Waals surface area contributed by atoms with Gasteiger partial charge in [-0.1, -0.05) is 30.3 Å². The molecule has 2 rings (SSSR count). The van der Waals surface area contributed by atoms with Crippen LogP contribution in [0.2, 0.25) is 0 Å². The molecule has 2 amide bonds. The lowest BCUT2D eigenvalue weighted by atomic mass is 10.1. The number of halogens is 1. The van der Waals surface area contributed by atoms with E-state index in [-0.39, 0.29) is 36.6 Å². The second-order valence-electron chi connectivity index (χ2n) is 6.18. The third kappa shape index (κ3) is 6.20. The number of para-hydroxylation sites is 1. The summed E-state index contributed by atoms with van der Waals surface area (Å²) in [6, 6.07) is 15.8. The van der Waals surface area contributed by atoms with Crippen molar-refractivity contribution in [3.05, 3.63) is 66.0 Å². The minimum Gasteiger partial charge on any atom is -0.370 e. The fraction of sp³-hybridized carbons (Fsp3) is 0.300. The Morgan fingerprint density at radius 3 is 2.46 bits per heavy atom. The fourth-order valence-electron chi connectivity index (χ4n) is 2.45. The summed E-state index contributed by atoms with van der Waals surface area (Å²) in [7, 11) is 1.97. The molecule has 6 heteroatoms. The zero-order valence-corrected chi connectivity index (χ0v) is 15.0. The predicted octanol–water partition coefficient (Wildman–Crippen LogP) is 2.13. The Hall–Kier alpha value is -2.89. The van der Waals surface area contributed by atoms with Gasteiger partial charge in [-0.2, -0.15) is 0 Å². The van der Waals surface area contributed by atoms with Crippen molar-refractivity contribution in [3.63, 3.8) is 0 Å². The van der Waals surface area contributed by atoms with Gasteiger partial charge in [0.05, 0.1) is 13.0 Å². The van der Waals surface area contributed by atoms with E-state index in [4.69, 9.17) is 0 Å². The summed E-state index contributed by atoms with van der Waals surface area (Å²) in [6.45, 7) is 2.37. The Kier molecular flexibility index (Phi) is 7.14. The van der Waals surface area contributed by atoms with Gasteiger partial charge in [0, 0.05) is 25.3 Å². The maximum Gasteiger partial charge on any atom is 0.239 e. The number of hydrogen-bond acceptors (Lipinski definition) is 3. The van der Waals surface area contributed by atoms with Gasteiger partial charge < -0.3 is 15.5 Å². The number of carbonyl (C=O) groups is 2. The lowest BCUT2D eigenvalue weighted by Gasteiger charge is -2.27. The van der Waals surface area contributed by atoms with Crippen LogP contribution in [0.15, 0.2) is 54.6 Å². The average molecular weight is 357 g/mol. The highest BCUT2D eigenvalue weighted by atomic mass is 19.1. The summed E-state index contributed by atoms with van der Waals surface area (Å²) in [6.07, 6.45) is 0.0399. The molecule has 0 aliphatic heterocycles. The molecule has 0 aromatic heterocycles. The number of amides is 2. The monoisotopic (exact) mass is 357 g/mol. The van der Waals surface area contributed by atoms with Crippen molar-refractivity contribution in [3.8, 4) is 0 Å². The van der Waals surface area contributed by atoms with Gasteiger partial charge in [-0.3, -0.25) is 9.59 Å². The van der Waals surface area contributed by atoms with E-state index in [0.29, 0.717) is 12.1 Å². The van der Waals surface area contributed by atoms with Gasteiger partial charge in [-0.25, -0.2) is 4.39 Å². The van der Waals surface area contributed by atoms with E-state index in [9.17, 15) is 14.0 Å². The molecule has 0 aliphatic rings. The van der Waals surface area contributed by atoms with Crippen LogP contribution >= 0.6 is 0 Å². The van der Waals surface area contributed by atoms with Crippen LogP contribution in [0.4, 0.5) is 10.1 Å². The summed E-state index contributed by atoms with van der Waals surface area (Å²) >= 11 is 0. The van der Waals surface area contributed by atoms with Crippen LogP contribution in [0.25, 0.3) is 0 Å². The summed E-state index contributed by atoms with van der Waals surface area (Å²) in [5.41, 5.74) is 1.64. The Morgan fingerprint density at radius 2 is 1.77 bits per heavy atom. The number of carbonyl (C=O) groups excluding carboxylic acids is 2. The Labute approximate surface area is 153 Å². The second kappa shape index (κ2) is 9.56. The molecule has 0 radical (unpaired) electrons. The minimum absolute atomic E-state index is 0.0399. The molecule has 0 heterocycles. The van der Waals surface area contributed by atoms with Crippen molar-refractivity contribution in [2.24, 2.45) is 0 Å². The largest absolute Gasteiger partial charge is 0.370 e. The molecule has 1 unspecified atom stereocenters. The molecule has 0 fully saturated rings. The van der Waals surface area contributed by atoms with Gasteiger partial charge >= 0.3 is 0 Å². The average Bonchev–Trinajstić information content (AvgIpc) is 2.64. The molecule has 2 N–H and O–H groups in total. The van der Waals surface area contributed by atoms with Crippen LogP contribution in [-0.2, 0) is 16.0 Å². The van der Waals surface area contributed by atoms with Gasteiger partial charge in [0.2, 0.25) is 11.8 Å². The molecule has 2 aromatic carbocycles. The van der Waals surface area contributed by atoms with Crippen LogP contribution in [0.3, 0.4) is 0 Å². The summed E-state index contributed by atoms with van der Waals surface area (Å²) in [5, 5.41) is 5.35. The van der Waals surface area contributed by atoms with Crippen LogP contribution in [0.1, 0.15) is 12.5 Å². The maximum atomic E-state index is 13.1. The Balaban J connectivity index is 1.70. The number of rotatable bonds is 8. The van der Waals surface area contributed by atoms with E-state index in [1.165, 1.54) is 12.1 Å². The highest BCUT2D eigenvalue weighted by Gasteiger charge is 2.12. The fourth-order valence-corrected chi connectivity index (χ4v) is 2.45. The van der Waals surface area contributed by atoms with E-state index in [2.05, 4.69) is 15.5 Å². The molecule has 26 heavy (non-hydrogen) atoms. The quantitative estimate of drug-likeness (QED) is 0.761. The molecule has 0 saturated carbocycles. The summed E-state index contributed by atoms with van der Waals surface area (Å²) in [5.74, 6) is -0.962. The van der Waals surface area contributed by atoms with Gasteiger partial charge in [-0.15, -0.1) is 0 Å². The molecule has 5 nitrogen and oxygen atoms in total. The number of anilines is 1. The number of likely N-dealkylation sites (N-methyl/N-ethyl adjacent to an activating group) is 1. The van der Waals surface area contributed by atoms with Crippen molar-refractivity contribution in [2.75, 3.05) is 25.0 Å². The summed E-state index contributed by atoms with van der Waals surface area (Å²) < 4.78 is 13.1. The lowest BCUT2D eigenvalue weighted by Crippen LogP contribution is -2.44. The molecular weight excluding hydrogens is 333 g/mol. The molecule has 0 spiro atoms. The third-order valence-corrected chi connectivity index (χ3v) is 4.12. The van der Waals surface area contributed by atoms with Crippen LogP contribution in [0.5, 0.6) is 0 Å². The van der Waals surface area contributed by atoms with Gasteiger partial charge in [0.15, 0.2) is 0 Å². The highest BCUT2D eigenvalue weighted by molar-refractivity contribution is 5.85. The van der Waals surface area contributed by atoms with Crippen LogP contribution in [-0.4, -0.2) is 38.0 Å². The van der Waals surface area contributed by atoms with E-state index < -0.39 is 0 Å². The molecule has 0 saturated heterocycles. The van der Waals surface area contributed by atoms with E-state index >= 15 is 0 Å². The number of hydrogen-bond donors (Lipinski definition) is 2. The van der Waals surface area contributed by atoms with E-state index in [1.807, 2.05) is 44.3 Å². The SMILES string of the molecule is CC(CNC(=O)CNC(=O)Cc1cccc(F)c1)N(C)c1ccccc1. The second-order valence-corrected chi connectivity index (χ2v) is 6.18. The normalized spacial score (nSPS) is 11.5. The summed E-state index contributed by atoms with van der Waals surface area (Å²) in [4.78, 5) is 25.8. The van der Waals surface area contributed by atoms with Gasteiger partial charge in [-0.05, 0) is 36.8 Å². The zero-order valence-electron chi connectivity index (χ0n) is 15.0. The molecule has 0 bridgehead atoms. The van der Waals surface area contributed by atoms with Crippen molar-refractivity contribution in [2.45, 2.75) is 19.4 Å². The van der Waals surface area contributed by atoms with Gasteiger partial charge in [0.25, 0.3) is 0 Å². The molecule has 0 aliphatic carbocycles. The Bertz CT molecular complexity index is 737.